The number of hydrogen-bond donors (Lipinski definition) is 3. The molecule has 3 N–H and O–H groups in total. The first-order valence-corrected chi connectivity index (χ1v) is 14.7. The Hall–Kier alpha value is -5.67. The van der Waals surface area contributed by atoms with Crippen molar-refractivity contribution in [3.8, 4) is 11.3 Å². The van der Waals surface area contributed by atoms with Crippen molar-refractivity contribution in [3.63, 3.8) is 0 Å². The molecule has 4 aromatic carbocycles. The van der Waals surface area contributed by atoms with Crippen molar-refractivity contribution in [2.75, 3.05) is 15.4 Å². The van der Waals surface area contributed by atoms with Crippen molar-refractivity contribution < 1.29 is 23.1 Å². The molecule has 13 nitrogen and oxygen atoms in total. The van der Waals surface area contributed by atoms with Gasteiger partial charge in [-0.05, 0) is 36.4 Å². The van der Waals surface area contributed by atoms with Gasteiger partial charge in [0, 0.05) is 34.5 Å². The van der Waals surface area contributed by atoms with Crippen molar-refractivity contribution in [3.05, 3.63) is 128 Å². The maximum absolute atomic E-state index is 13.0. The molecule has 0 saturated heterocycles. The van der Waals surface area contributed by atoms with E-state index in [1.54, 1.807) is 35.7 Å². The summed E-state index contributed by atoms with van der Waals surface area (Å²) >= 11 is 1.12. The van der Waals surface area contributed by atoms with E-state index in [2.05, 4.69) is 20.3 Å². The van der Waals surface area contributed by atoms with E-state index in [4.69, 9.17) is 0 Å². The van der Waals surface area contributed by atoms with Crippen LogP contribution < -0.4 is 15.4 Å². The number of rotatable bonds is 10. The molecule has 0 aliphatic heterocycles. The Balaban J connectivity index is 1.34. The van der Waals surface area contributed by atoms with Crippen molar-refractivity contribution in [2.45, 2.75) is 4.90 Å². The van der Waals surface area contributed by atoms with Crippen LogP contribution in [0.4, 0.5) is 33.6 Å². The highest BCUT2D eigenvalue weighted by Crippen LogP contribution is 2.38. The summed E-state index contributed by atoms with van der Waals surface area (Å²) in [6.07, 6.45) is 0. The Morgan fingerprint density at radius 1 is 0.791 bits per heavy atom. The van der Waals surface area contributed by atoms with Crippen molar-refractivity contribution in [1.82, 2.24) is 4.98 Å². The van der Waals surface area contributed by atoms with Gasteiger partial charge in [0.15, 0.2) is 10.8 Å². The van der Waals surface area contributed by atoms with Gasteiger partial charge in [-0.3, -0.25) is 29.7 Å². The minimum atomic E-state index is -4.01. The lowest BCUT2D eigenvalue weighted by Gasteiger charge is -2.11. The molecule has 5 rings (SSSR count). The van der Waals surface area contributed by atoms with Gasteiger partial charge in [-0.2, -0.15) is 0 Å². The first-order valence-electron chi connectivity index (χ1n) is 12.3. The maximum Gasteiger partial charge on any atom is 0.300 e. The fraction of sp³-hybridized carbons (Fsp3) is 0. The number of sulfonamides is 1. The topological polar surface area (TPSA) is 186 Å². The minimum absolute atomic E-state index is 0.107. The number of carbonyl (C=O) groups is 1. The third-order valence-corrected chi connectivity index (χ3v) is 8.26. The van der Waals surface area contributed by atoms with Gasteiger partial charge in [-0.15, -0.1) is 11.3 Å². The molecule has 43 heavy (non-hydrogen) atoms. The molecule has 5 aromatic rings. The average Bonchev–Trinajstić information content (AvgIpc) is 3.46. The molecule has 0 radical (unpaired) electrons. The summed E-state index contributed by atoms with van der Waals surface area (Å²) in [5.41, 5.74) is -0.0815. The fourth-order valence-electron chi connectivity index (χ4n) is 3.98. The van der Waals surface area contributed by atoms with Crippen LogP contribution in [0.15, 0.2) is 107 Å². The van der Waals surface area contributed by atoms with Crippen LogP contribution in [0, 0.1) is 20.2 Å². The van der Waals surface area contributed by atoms with Gasteiger partial charge in [-0.25, -0.2) is 13.4 Å². The van der Waals surface area contributed by atoms with Crippen LogP contribution in [-0.4, -0.2) is 29.2 Å². The summed E-state index contributed by atoms with van der Waals surface area (Å²) < 4.78 is 28.2. The van der Waals surface area contributed by atoms with Crippen LogP contribution in [-0.2, 0) is 10.0 Å². The van der Waals surface area contributed by atoms with Gasteiger partial charge in [-0.1, -0.05) is 48.5 Å². The number of nitro groups is 2. The first-order chi connectivity index (χ1) is 20.6. The van der Waals surface area contributed by atoms with Crippen LogP contribution in [0.25, 0.3) is 11.3 Å². The number of para-hydroxylation sites is 1. The molecular weight excluding hydrogens is 596 g/mol. The molecule has 0 aliphatic carbocycles. The molecule has 1 amide bonds. The lowest BCUT2D eigenvalue weighted by atomic mass is 10.1. The summed E-state index contributed by atoms with van der Waals surface area (Å²) in [4.78, 5) is 39.1. The van der Waals surface area contributed by atoms with Crippen molar-refractivity contribution >= 4 is 60.8 Å². The molecule has 0 fully saturated rings. The standard InChI is InChI=1S/C28H20N6O7S2/c35-27(19-15-24(33(36)37)26(25(16-19)34(38)39)29-20-9-5-2-6-10-20)30-21-11-13-22(14-12-21)43(40,41)32-28-31-23(17-42-28)18-7-3-1-4-8-18/h1-17,29H,(H,30,35)(H,31,32). The van der Waals surface area contributed by atoms with Gasteiger partial charge >= 0.3 is 11.4 Å². The third kappa shape index (κ3) is 6.64. The minimum Gasteiger partial charge on any atom is -0.344 e. The van der Waals surface area contributed by atoms with Gasteiger partial charge in [0.25, 0.3) is 15.9 Å². The summed E-state index contributed by atoms with van der Waals surface area (Å²) in [5.74, 6) is -0.873. The maximum atomic E-state index is 13.0. The summed E-state index contributed by atoms with van der Waals surface area (Å²) in [6.45, 7) is 0. The molecule has 0 saturated carbocycles. The quantitative estimate of drug-likeness (QED) is 0.117. The van der Waals surface area contributed by atoms with E-state index >= 15 is 0 Å². The number of carbonyl (C=O) groups excluding carboxylic acids is 1. The molecule has 15 heteroatoms. The Bertz CT molecular complexity index is 1900. The number of nitro benzene ring substituents is 2. The number of thiazole rings is 1. The molecule has 1 heterocycles. The molecule has 0 aliphatic rings. The van der Waals surface area contributed by atoms with E-state index in [0.717, 1.165) is 29.0 Å². The fourth-order valence-corrected chi connectivity index (χ4v) is 5.95. The van der Waals surface area contributed by atoms with Crippen LogP contribution in [0.3, 0.4) is 0 Å². The van der Waals surface area contributed by atoms with E-state index in [1.165, 1.54) is 24.3 Å². The summed E-state index contributed by atoms with van der Waals surface area (Å²) in [5, 5.41) is 30.7. The molecule has 0 spiro atoms. The number of amides is 1. The number of nitrogens with zero attached hydrogens (tertiary/aromatic N) is 3. The monoisotopic (exact) mass is 616 g/mol. The van der Waals surface area contributed by atoms with Gasteiger partial charge in [0.2, 0.25) is 0 Å². The van der Waals surface area contributed by atoms with E-state index < -0.39 is 37.2 Å². The second-order valence-corrected chi connectivity index (χ2v) is 11.4. The first kappa shape index (κ1) is 28.8. The highest BCUT2D eigenvalue weighted by Gasteiger charge is 2.29. The van der Waals surface area contributed by atoms with Crippen molar-refractivity contribution in [1.29, 1.82) is 0 Å². The number of anilines is 4. The average molecular weight is 617 g/mol. The van der Waals surface area contributed by atoms with Crippen LogP contribution in [0.1, 0.15) is 10.4 Å². The summed E-state index contributed by atoms with van der Waals surface area (Å²) in [7, 11) is -4.01. The Kier molecular flexibility index (Phi) is 8.09. The number of nitrogens with one attached hydrogen (secondary N) is 3. The lowest BCUT2D eigenvalue weighted by Crippen LogP contribution is -2.15. The predicted molar refractivity (Wildman–Crippen MR) is 162 cm³/mol. The number of benzene rings is 4. The predicted octanol–water partition coefficient (Wildman–Crippen LogP) is 6.42. The SMILES string of the molecule is O=C(Nc1ccc(S(=O)(=O)Nc2nc(-c3ccccc3)cs2)cc1)c1cc([N+](=O)[O-])c(Nc2ccccc2)c([N+](=O)[O-])c1. The molecule has 0 unspecified atom stereocenters. The third-order valence-electron chi connectivity index (χ3n) is 6.01. The number of hydrogen-bond acceptors (Lipinski definition) is 10. The highest BCUT2D eigenvalue weighted by molar-refractivity contribution is 7.93. The van der Waals surface area contributed by atoms with E-state index in [0.29, 0.717) is 11.4 Å². The lowest BCUT2D eigenvalue weighted by molar-refractivity contribution is -0.392. The van der Waals surface area contributed by atoms with Gasteiger partial charge in [0.05, 0.1) is 26.0 Å². The van der Waals surface area contributed by atoms with Crippen LogP contribution in [0.5, 0.6) is 0 Å². The Labute approximate surface area is 248 Å². The van der Waals surface area contributed by atoms with E-state index in [-0.39, 0.29) is 27.0 Å². The van der Waals surface area contributed by atoms with Crippen LogP contribution in [0.2, 0.25) is 0 Å². The van der Waals surface area contributed by atoms with Crippen LogP contribution >= 0.6 is 11.3 Å². The van der Waals surface area contributed by atoms with Gasteiger partial charge in [0.1, 0.15) is 0 Å². The molecule has 0 atom stereocenters. The highest BCUT2D eigenvalue weighted by atomic mass is 32.2. The Morgan fingerprint density at radius 2 is 1.37 bits per heavy atom. The Morgan fingerprint density at radius 3 is 1.95 bits per heavy atom. The molecular formula is C28H20N6O7S2. The second-order valence-electron chi connectivity index (χ2n) is 8.88. The van der Waals surface area contributed by atoms with E-state index in [1.807, 2.05) is 30.3 Å². The zero-order chi connectivity index (χ0) is 30.6. The molecule has 0 bridgehead atoms. The zero-order valence-corrected chi connectivity index (χ0v) is 23.5. The second kappa shape index (κ2) is 12.1. The largest absolute Gasteiger partial charge is 0.344 e. The normalized spacial score (nSPS) is 11.0. The van der Waals surface area contributed by atoms with E-state index in [9.17, 15) is 33.4 Å². The van der Waals surface area contributed by atoms with Crippen molar-refractivity contribution in [2.24, 2.45) is 0 Å². The molecule has 1 aromatic heterocycles. The summed E-state index contributed by atoms with van der Waals surface area (Å²) in [6, 6.07) is 24.4. The van der Waals surface area contributed by atoms with Gasteiger partial charge < -0.3 is 10.6 Å². The smallest absolute Gasteiger partial charge is 0.300 e. The zero-order valence-electron chi connectivity index (χ0n) is 21.8. The number of aromatic nitrogens is 1. The molecule has 216 valence electrons.